The summed E-state index contributed by atoms with van der Waals surface area (Å²) >= 11 is 0. The predicted octanol–water partition coefficient (Wildman–Crippen LogP) is 7.21. The van der Waals surface area contributed by atoms with Gasteiger partial charge in [0.15, 0.2) is 5.82 Å². The van der Waals surface area contributed by atoms with Gasteiger partial charge in [0.2, 0.25) is 0 Å². The zero-order chi connectivity index (χ0) is 19.8. The fourth-order valence-corrected chi connectivity index (χ4v) is 3.99. The number of aryl methyl sites for hydroxylation is 2. The summed E-state index contributed by atoms with van der Waals surface area (Å²) in [5, 5.41) is 3.51. The number of aromatic nitrogens is 2. The first-order valence-electron chi connectivity index (χ1n) is 11.2. The number of fused-ring (bicyclic) bond motifs is 2. The van der Waals surface area contributed by atoms with E-state index in [-0.39, 0.29) is 0 Å². The Labute approximate surface area is 170 Å². The molecule has 2 aromatic rings. The van der Waals surface area contributed by atoms with Crippen LogP contribution in [-0.2, 0) is 0 Å². The Kier molecular flexibility index (Phi) is 7.70. The molecule has 1 aromatic heterocycles. The highest BCUT2D eigenvalue weighted by molar-refractivity contribution is 5.90. The number of hydrogen-bond donors (Lipinski definition) is 1. The van der Waals surface area contributed by atoms with Gasteiger partial charge in [-0.15, -0.1) is 0 Å². The van der Waals surface area contributed by atoms with Crippen LogP contribution in [0, 0.1) is 13.8 Å². The van der Waals surface area contributed by atoms with Crippen LogP contribution in [0.1, 0.15) is 82.3 Å². The molecule has 2 heterocycles. The molecule has 3 rings (SSSR count). The van der Waals surface area contributed by atoms with Gasteiger partial charge in [0.1, 0.15) is 12.0 Å². The first kappa shape index (κ1) is 20.6. The maximum Gasteiger partial charge on any atom is 0.160 e. The molecular weight excluding hydrogens is 344 g/mol. The third-order valence-electron chi connectivity index (χ3n) is 5.85. The summed E-state index contributed by atoms with van der Waals surface area (Å²) in [6.45, 7) is 7.64. The van der Waals surface area contributed by atoms with Crippen LogP contribution >= 0.6 is 0 Å². The Morgan fingerprint density at radius 3 is 2.18 bits per heavy atom. The zero-order valence-corrected chi connectivity index (χ0v) is 17.9. The number of unbranched alkanes of at least 4 members (excludes halogenated alkanes) is 9. The third-order valence-corrected chi connectivity index (χ3v) is 5.85. The van der Waals surface area contributed by atoms with E-state index >= 15 is 0 Å². The molecule has 0 atom stereocenters. The number of benzene rings is 1. The SMILES string of the molecule is CCCCCCCCCCCCN1c2cc(C)c(C)cc2Nc2cncnc21. The van der Waals surface area contributed by atoms with E-state index in [1.165, 1.54) is 81.0 Å². The van der Waals surface area contributed by atoms with Gasteiger partial charge in [-0.05, 0) is 43.5 Å². The maximum atomic E-state index is 4.57. The summed E-state index contributed by atoms with van der Waals surface area (Å²) in [5.74, 6) is 1.00. The van der Waals surface area contributed by atoms with Crippen LogP contribution in [0.25, 0.3) is 0 Å². The summed E-state index contributed by atoms with van der Waals surface area (Å²) < 4.78 is 0. The van der Waals surface area contributed by atoms with Gasteiger partial charge < -0.3 is 10.2 Å². The molecule has 152 valence electrons. The lowest BCUT2D eigenvalue weighted by Gasteiger charge is -2.33. The summed E-state index contributed by atoms with van der Waals surface area (Å²) in [4.78, 5) is 11.1. The molecule has 0 saturated carbocycles. The third kappa shape index (κ3) is 5.24. The monoisotopic (exact) mass is 380 g/mol. The molecule has 0 radical (unpaired) electrons. The van der Waals surface area contributed by atoms with Crippen molar-refractivity contribution in [2.45, 2.75) is 85.0 Å². The van der Waals surface area contributed by atoms with Crippen LogP contribution in [0.5, 0.6) is 0 Å². The second-order valence-electron chi connectivity index (χ2n) is 8.17. The quantitative estimate of drug-likeness (QED) is 0.418. The number of nitrogens with zero attached hydrogens (tertiary/aromatic N) is 3. The predicted molar refractivity (Wildman–Crippen MR) is 120 cm³/mol. The summed E-state index contributed by atoms with van der Waals surface area (Å²) in [7, 11) is 0. The molecule has 0 saturated heterocycles. The van der Waals surface area contributed by atoms with Gasteiger partial charge in [-0.1, -0.05) is 64.7 Å². The van der Waals surface area contributed by atoms with Crippen molar-refractivity contribution in [3.63, 3.8) is 0 Å². The number of rotatable bonds is 11. The second-order valence-corrected chi connectivity index (χ2v) is 8.17. The summed E-state index contributed by atoms with van der Waals surface area (Å²) in [6, 6.07) is 4.53. The zero-order valence-electron chi connectivity index (χ0n) is 17.9. The van der Waals surface area contributed by atoms with Gasteiger partial charge in [0.05, 0.1) is 17.6 Å². The van der Waals surface area contributed by atoms with Crippen molar-refractivity contribution in [2.24, 2.45) is 0 Å². The largest absolute Gasteiger partial charge is 0.350 e. The van der Waals surface area contributed by atoms with Crippen molar-refractivity contribution >= 4 is 22.9 Å². The lowest BCUT2D eigenvalue weighted by Crippen LogP contribution is -2.25. The van der Waals surface area contributed by atoms with Crippen LogP contribution in [0.4, 0.5) is 22.9 Å². The molecule has 1 N–H and O–H groups in total. The minimum absolute atomic E-state index is 1.00. The van der Waals surface area contributed by atoms with E-state index in [1.807, 2.05) is 6.20 Å². The first-order valence-corrected chi connectivity index (χ1v) is 11.2. The molecule has 0 spiro atoms. The highest BCUT2D eigenvalue weighted by Gasteiger charge is 2.24. The molecular formula is C24H36N4. The van der Waals surface area contributed by atoms with Crippen LogP contribution < -0.4 is 10.2 Å². The molecule has 0 bridgehead atoms. The summed E-state index contributed by atoms with van der Waals surface area (Å²) in [5.41, 5.74) is 6.05. The average Bonchev–Trinajstić information content (AvgIpc) is 2.70. The fraction of sp³-hybridized carbons (Fsp3) is 0.583. The van der Waals surface area contributed by atoms with E-state index in [4.69, 9.17) is 0 Å². The molecule has 0 amide bonds. The Balaban J connectivity index is 1.52. The molecule has 0 unspecified atom stereocenters. The number of anilines is 4. The van der Waals surface area contributed by atoms with E-state index < -0.39 is 0 Å². The Morgan fingerprint density at radius 2 is 1.46 bits per heavy atom. The molecule has 1 aromatic carbocycles. The minimum Gasteiger partial charge on any atom is -0.350 e. The normalized spacial score (nSPS) is 12.5. The fourth-order valence-electron chi connectivity index (χ4n) is 3.99. The highest BCUT2D eigenvalue weighted by atomic mass is 15.3. The van der Waals surface area contributed by atoms with Crippen molar-refractivity contribution < 1.29 is 0 Å². The van der Waals surface area contributed by atoms with Crippen LogP contribution in [0.3, 0.4) is 0 Å². The molecule has 4 nitrogen and oxygen atoms in total. The van der Waals surface area contributed by atoms with Gasteiger partial charge in [0.25, 0.3) is 0 Å². The minimum atomic E-state index is 1.00. The Hall–Kier alpha value is -2.10. The van der Waals surface area contributed by atoms with Gasteiger partial charge in [-0.25, -0.2) is 9.97 Å². The van der Waals surface area contributed by atoms with E-state index in [0.29, 0.717) is 0 Å². The standard InChI is InChI=1S/C24H36N4/c1-4-5-6-7-8-9-10-11-12-13-14-28-23-16-20(3)19(2)15-21(23)27-22-17-25-18-26-24(22)28/h15-18,27H,4-14H2,1-3H3. The van der Waals surface area contributed by atoms with Gasteiger partial charge in [-0.3, -0.25) is 0 Å². The van der Waals surface area contributed by atoms with E-state index in [9.17, 15) is 0 Å². The van der Waals surface area contributed by atoms with E-state index in [1.54, 1.807) is 6.33 Å². The number of hydrogen-bond acceptors (Lipinski definition) is 4. The molecule has 28 heavy (non-hydrogen) atoms. The lowest BCUT2D eigenvalue weighted by molar-refractivity contribution is 0.557. The van der Waals surface area contributed by atoms with E-state index in [0.717, 1.165) is 23.7 Å². The highest BCUT2D eigenvalue weighted by Crippen LogP contribution is 2.43. The van der Waals surface area contributed by atoms with Gasteiger partial charge >= 0.3 is 0 Å². The lowest BCUT2D eigenvalue weighted by atomic mass is 10.0. The van der Waals surface area contributed by atoms with Crippen molar-refractivity contribution in [1.82, 2.24) is 9.97 Å². The number of nitrogens with one attached hydrogen (secondary N) is 1. The van der Waals surface area contributed by atoms with Crippen LogP contribution in [-0.4, -0.2) is 16.5 Å². The van der Waals surface area contributed by atoms with Crippen molar-refractivity contribution in [2.75, 3.05) is 16.8 Å². The topological polar surface area (TPSA) is 41.0 Å². The van der Waals surface area contributed by atoms with Gasteiger partial charge in [-0.2, -0.15) is 0 Å². The Bertz CT molecular complexity index is 756. The average molecular weight is 381 g/mol. The van der Waals surface area contributed by atoms with Gasteiger partial charge in [0, 0.05) is 6.54 Å². The summed E-state index contributed by atoms with van der Waals surface area (Å²) in [6.07, 6.45) is 17.1. The molecule has 1 aliphatic heterocycles. The van der Waals surface area contributed by atoms with Crippen molar-refractivity contribution in [3.05, 3.63) is 35.8 Å². The molecule has 1 aliphatic rings. The molecule has 0 aliphatic carbocycles. The van der Waals surface area contributed by atoms with Crippen LogP contribution in [0.15, 0.2) is 24.7 Å². The first-order chi connectivity index (χ1) is 13.7. The van der Waals surface area contributed by atoms with Crippen LogP contribution in [0.2, 0.25) is 0 Å². The molecule has 0 fully saturated rings. The van der Waals surface area contributed by atoms with Crippen molar-refractivity contribution in [3.8, 4) is 0 Å². The maximum absolute atomic E-state index is 4.57. The van der Waals surface area contributed by atoms with E-state index in [2.05, 4.69) is 53.1 Å². The molecule has 4 heteroatoms. The Morgan fingerprint density at radius 1 is 0.821 bits per heavy atom. The smallest absolute Gasteiger partial charge is 0.160 e. The van der Waals surface area contributed by atoms with Crippen molar-refractivity contribution in [1.29, 1.82) is 0 Å². The second kappa shape index (κ2) is 10.4.